The number of hydrogen-bond donors (Lipinski definition) is 1. The number of rotatable bonds is 2. The molecule has 0 heterocycles. The number of hydrogen-bond acceptors (Lipinski definition) is 3. The van der Waals surface area contributed by atoms with Gasteiger partial charge in [0.2, 0.25) is 0 Å². The first kappa shape index (κ1) is 13.8. The fourth-order valence-corrected chi connectivity index (χ4v) is 1.79. The van der Waals surface area contributed by atoms with E-state index in [1.807, 2.05) is 6.92 Å². The first-order valence-electron chi connectivity index (χ1n) is 5.86. The number of benzene rings is 2. The SMILES string of the molecule is Cc1cc(C)c(Oc2c(F)cc(C#N)cc2F)cc1N. The van der Waals surface area contributed by atoms with E-state index < -0.39 is 17.4 Å². The molecule has 2 rings (SSSR count). The molecule has 0 radical (unpaired) electrons. The van der Waals surface area contributed by atoms with Gasteiger partial charge in [0.1, 0.15) is 5.75 Å². The van der Waals surface area contributed by atoms with E-state index in [0.29, 0.717) is 11.3 Å². The third-order valence-electron chi connectivity index (χ3n) is 2.90. The standard InChI is InChI=1S/C15H12F2N2O/c1-8-3-9(2)14(6-13(8)19)20-15-11(16)4-10(7-18)5-12(15)17/h3-6H,19H2,1-2H3. The Labute approximate surface area is 115 Å². The highest BCUT2D eigenvalue weighted by molar-refractivity contribution is 5.55. The van der Waals surface area contributed by atoms with Gasteiger partial charge in [-0.05, 0) is 37.1 Å². The van der Waals surface area contributed by atoms with E-state index in [4.69, 9.17) is 15.7 Å². The quantitative estimate of drug-likeness (QED) is 0.847. The molecular formula is C15H12F2N2O. The Morgan fingerprint density at radius 3 is 2.20 bits per heavy atom. The van der Waals surface area contributed by atoms with Crippen molar-refractivity contribution >= 4 is 5.69 Å². The second-order valence-electron chi connectivity index (χ2n) is 4.46. The number of nitrogens with two attached hydrogens (primary N) is 1. The predicted molar refractivity (Wildman–Crippen MR) is 71.5 cm³/mol. The topological polar surface area (TPSA) is 59.0 Å². The normalized spacial score (nSPS) is 10.2. The maximum atomic E-state index is 13.7. The smallest absolute Gasteiger partial charge is 0.198 e. The second-order valence-corrected chi connectivity index (χ2v) is 4.46. The monoisotopic (exact) mass is 274 g/mol. The molecule has 5 heteroatoms. The van der Waals surface area contributed by atoms with Gasteiger partial charge in [-0.15, -0.1) is 0 Å². The molecule has 0 aliphatic rings. The maximum Gasteiger partial charge on any atom is 0.198 e. The van der Waals surface area contributed by atoms with E-state index in [9.17, 15) is 8.78 Å². The van der Waals surface area contributed by atoms with E-state index in [1.165, 1.54) is 6.07 Å². The van der Waals surface area contributed by atoms with Gasteiger partial charge < -0.3 is 10.5 Å². The van der Waals surface area contributed by atoms with Crippen LogP contribution in [-0.4, -0.2) is 0 Å². The minimum absolute atomic E-state index is 0.104. The fourth-order valence-electron chi connectivity index (χ4n) is 1.79. The lowest BCUT2D eigenvalue weighted by Gasteiger charge is -2.12. The summed E-state index contributed by atoms with van der Waals surface area (Å²) in [6.07, 6.45) is 0. The van der Waals surface area contributed by atoms with Gasteiger partial charge in [0.25, 0.3) is 0 Å². The molecule has 2 aromatic rings. The maximum absolute atomic E-state index is 13.7. The minimum Gasteiger partial charge on any atom is -0.451 e. The van der Waals surface area contributed by atoms with Crippen molar-refractivity contribution in [3.8, 4) is 17.6 Å². The van der Waals surface area contributed by atoms with E-state index in [-0.39, 0.29) is 11.3 Å². The van der Waals surface area contributed by atoms with Crippen LogP contribution >= 0.6 is 0 Å². The van der Waals surface area contributed by atoms with Gasteiger partial charge in [-0.2, -0.15) is 5.26 Å². The Hall–Kier alpha value is -2.61. The van der Waals surface area contributed by atoms with Crippen molar-refractivity contribution in [1.29, 1.82) is 5.26 Å². The lowest BCUT2D eigenvalue weighted by atomic mass is 10.1. The molecule has 0 atom stereocenters. The number of halogens is 2. The molecule has 0 unspecified atom stereocenters. The molecule has 102 valence electrons. The summed E-state index contributed by atoms with van der Waals surface area (Å²) in [7, 11) is 0. The van der Waals surface area contributed by atoms with Gasteiger partial charge in [-0.3, -0.25) is 0 Å². The van der Waals surface area contributed by atoms with Crippen LogP contribution in [0.4, 0.5) is 14.5 Å². The highest BCUT2D eigenvalue weighted by atomic mass is 19.1. The lowest BCUT2D eigenvalue weighted by molar-refractivity contribution is 0.405. The molecular weight excluding hydrogens is 262 g/mol. The summed E-state index contributed by atoms with van der Waals surface area (Å²) >= 11 is 0. The molecule has 3 nitrogen and oxygen atoms in total. The molecule has 0 aromatic heterocycles. The number of anilines is 1. The number of nitrogen functional groups attached to an aromatic ring is 1. The molecule has 0 fully saturated rings. The highest BCUT2D eigenvalue weighted by Crippen LogP contribution is 2.32. The van der Waals surface area contributed by atoms with Gasteiger partial charge in [0, 0.05) is 11.8 Å². The van der Waals surface area contributed by atoms with E-state index >= 15 is 0 Å². The second kappa shape index (κ2) is 5.17. The van der Waals surface area contributed by atoms with Gasteiger partial charge >= 0.3 is 0 Å². The summed E-state index contributed by atoms with van der Waals surface area (Å²) in [6, 6.07) is 6.80. The van der Waals surface area contributed by atoms with Crippen LogP contribution in [-0.2, 0) is 0 Å². The van der Waals surface area contributed by atoms with Crippen LogP contribution in [0.2, 0.25) is 0 Å². The van der Waals surface area contributed by atoms with Crippen molar-refractivity contribution in [2.45, 2.75) is 13.8 Å². The Balaban J connectivity index is 2.46. The molecule has 2 aromatic carbocycles. The van der Waals surface area contributed by atoms with Crippen molar-refractivity contribution in [3.63, 3.8) is 0 Å². The van der Waals surface area contributed by atoms with E-state index in [2.05, 4.69) is 0 Å². The molecule has 0 aliphatic carbocycles. The summed E-state index contributed by atoms with van der Waals surface area (Å²) in [5.41, 5.74) is 7.69. The fraction of sp³-hybridized carbons (Fsp3) is 0.133. The number of aryl methyl sites for hydroxylation is 2. The van der Waals surface area contributed by atoms with Crippen molar-refractivity contribution in [3.05, 3.63) is 52.6 Å². The zero-order chi connectivity index (χ0) is 14.9. The van der Waals surface area contributed by atoms with Crippen LogP contribution in [0, 0.1) is 36.8 Å². The molecule has 0 spiro atoms. The van der Waals surface area contributed by atoms with Crippen LogP contribution < -0.4 is 10.5 Å². The summed E-state index contributed by atoms with van der Waals surface area (Å²) in [6.45, 7) is 3.58. The molecule has 0 amide bonds. The Morgan fingerprint density at radius 2 is 1.65 bits per heavy atom. The molecule has 0 aliphatic heterocycles. The summed E-state index contributed by atoms with van der Waals surface area (Å²) in [4.78, 5) is 0. The molecule has 0 saturated heterocycles. The average molecular weight is 274 g/mol. The van der Waals surface area contributed by atoms with Crippen LogP contribution in [0.5, 0.6) is 11.5 Å². The largest absolute Gasteiger partial charge is 0.451 e. The van der Waals surface area contributed by atoms with Gasteiger partial charge in [0.05, 0.1) is 11.6 Å². The summed E-state index contributed by atoms with van der Waals surface area (Å²) in [5.74, 6) is -2.13. The first-order chi connectivity index (χ1) is 9.42. The number of nitriles is 1. The third kappa shape index (κ3) is 2.54. The van der Waals surface area contributed by atoms with Crippen LogP contribution in [0.15, 0.2) is 24.3 Å². The molecule has 0 bridgehead atoms. The Bertz CT molecular complexity index is 698. The van der Waals surface area contributed by atoms with Crippen molar-refractivity contribution in [2.24, 2.45) is 0 Å². The first-order valence-corrected chi connectivity index (χ1v) is 5.86. The zero-order valence-electron chi connectivity index (χ0n) is 11.0. The predicted octanol–water partition coefficient (Wildman–Crippen LogP) is 3.83. The van der Waals surface area contributed by atoms with Crippen molar-refractivity contribution < 1.29 is 13.5 Å². The summed E-state index contributed by atoms with van der Waals surface area (Å²) < 4.78 is 32.8. The Kier molecular flexibility index (Phi) is 3.57. The van der Waals surface area contributed by atoms with Gasteiger partial charge in [0.15, 0.2) is 17.4 Å². The zero-order valence-corrected chi connectivity index (χ0v) is 11.0. The summed E-state index contributed by atoms with van der Waals surface area (Å²) in [5, 5.41) is 8.64. The van der Waals surface area contributed by atoms with Gasteiger partial charge in [-0.1, -0.05) is 6.07 Å². The van der Waals surface area contributed by atoms with E-state index in [1.54, 1.807) is 19.1 Å². The minimum atomic E-state index is -0.930. The number of ether oxygens (including phenoxy) is 1. The van der Waals surface area contributed by atoms with Crippen LogP contribution in [0.25, 0.3) is 0 Å². The third-order valence-corrected chi connectivity index (χ3v) is 2.90. The lowest BCUT2D eigenvalue weighted by Crippen LogP contribution is -1.98. The Morgan fingerprint density at radius 1 is 1.05 bits per heavy atom. The molecule has 20 heavy (non-hydrogen) atoms. The van der Waals surface area contributed by atoms with Crippen molar-refractivity contribution in [1.82, 2.24) is 0 Å². The van der Waals surface area contributed by atoms with Crippen LogP contribution in [0.3, 0.4) is 0 Å². The average Bonchev–Trinajstić information content (AvgIpc) is 2.39. The molecule has 0 saturated carbocycles. The highest BCUT2D eigenvalue weighted by Gasteiger charge is 2.15. The van der Waals surface area contributed by atoms with Gasteiger partial charge in [-0.25, -0.2) is 8.78 Å². The molecule has 2 N–H and O–H groups in total. The van der Waals surface area contributed by atoms with Crippen molar-refractivity contribution in [2.75, 3.05) is 5.73 Å². The van der Waals surface area contributed by atoms with E-state index in [0.717, 1.165) is 17.7 Å². The van der Waals surface area contributed by atoms with Crippen LogP contribution in [0.1, 0.15) is 16.7 Å². The number of nitrogens with zero attached hydrogens (tertiary/aromatic N) is 1.